The van der Waals surface area contributed by atoms with Crippen LogP contribution >= 0.6 is 15.9 Å². The van der Waals surface area contributed by atoms with Crippen LogP contribution in [0.3, 0.4) is 0 Å². The minimum atomic E-state index is 0.103. The van der Waals surface area contributed by atoms with Crippen molar-refractivity contribution in [1.82, 2.24) is 0 Å². The van der Waals surface area contributed by atoms with Crippen molar-refractivity contribution in [2.24, 2.45) is 0 Å². The van der Waals surface area contributed by atoms with Crippen molar-refractivity contribution in [3.63, 3.8) is 0 Å². The Morgan fingerprint density at radius 1 is 1.27 bits per heavy atom. The van der Waals surface area contributed by atoms with Crippen molar-refractivity contribution in [1.29, 1.82) is 0 Å². The maximum Gasteiger partial charge on any atom is 0.224 e. The second-order valence-electron chi connectivity index (χ2n) is 3.51. The van der Waals surface area contributed by atoms with Crippen LogP contribution in [0.1, 0.15) is 32.6 Å². The molecule has 0 spiro atoms. The first-order valence-corrected chi connectivity index (χ1v) is 6.07. The van der Waals surface area contributed by atoms with E-state index in [0.29, 0.717) is 6.42 Å². The average Bonchev–Trinajstić information content (AvgIpc) is 2.22. The van der Waals surface area contributed by atoms with E-state index in [0.717, 1.165) is 29.4 Å². The van der Waals surface area contributed by atoms with Crippen molar-refractivity contribution in [2.45, 2.75) is 32.6 Å². The van der Waals surface area contributed by atoms with Crippen LogP contribution in [0.5, 0.6) is 0 Å². The topological polar surface area (TPSA) is 29.1 Å². The highest BCUT2D eigenvalue weighted by Gasteiger charge is 2.01. The Bertz CT molecular complexity index is 308. The molecular formula is C12H16BrNO. The molecule has 0 saturated heterocycles. The second-order valence-corrected chi connectivity index (χ2v) is 4.43. The molecule has 3 heteroatoms. The lowest BCUT2D eigenvalue weighted by atomic mass is 10.2. The van der Waals surface area contributed by atoms with Crippen molar-refractivity contribution >= 4 is 27.5 Å². The summed E-state index contributed by atoms with van der Waals surface area (Å²) in [6.07, 6.45) is 3.85. The second kappa shape index (κ2) is 6.62. The minimum absolute atomic E-state index is 0.103. The molecule has 0 bridgehead atoms. The summed E-state index contributed by atoms with van der Waals surface area (Å²) in [5, 5.41) is 2.87. The van der Waals surface area contributed by atoms with Crippen molar-refractivity contribution in [3.8, 4) is 0 Å². The molecule has 0 atom stereocenters. The van der Waals surface area contributed by atoms with Crippen LogP contribution < -0.4 is 5.32 Å². The van der Waals surface area contributed by atoms with Crippen molar-refractivity contribution in [3.05, 3.63) is 28.7 Å². The van der Waals surface area contributed by atoms with Crippen LogP contribution in [0.4, 0.5) is 5.69 Å². The molecule has 0 aromatic heterocycles. The van der Waals surface area contributed by atoms with Crippen LogP contribution in [-0.2, 0) is 4.79 Å². The largest absolute Gasteiger partial charge is 0.326 e. The lowest BCUT2D eigenvalue weighted by Gasteiger charge is -2.04. The first-order valence-electron chi connectivity index (χ1n) is 5.28. The zero-order valence-electron chi connectivity index (χ0n) is 8.92. The number of carbonyl (C=O) groups excluding carboxylic acids is 1. The molecule has 1 N–H and O–H groups in total. The van der Waals surface area contributed by atoms with Gasteiger partial charge in [0.25, 0.3) is 0 Å². The maximum atomic E-state index is 11.4. The fourth-order valence-electron chi connectivity index (χ4n) is 1.29. The highest BCUT2D eigenvalue weighted by molar-refractivity contribution is 9.10. The molecule has 0 fully saturated rings. The van der Waals surface area contributed by atoms with Gasteiger partial charge in [-0.2, -0.15) is 0 Å². The van der Waals surface area contributed by atoms with Crippen molar-refractivity contribution < 1.29 is 4.79 Å². The molecule has 0 aliphatic carbocycles. The minimum Gasteiger partial charge on any atom is -0.326 e. The van der Waals surface area contributed by atoms with Gasteiger partial charge in [0.1, 0.15) is 0 Å². The standard InChI is InChI=1S/C12H16BrNO/c1-2-3-4-5-12(15)14-11-8-6-10(13)7-9-11/h6-9H,2-5H2,1H3,(H,14,15). The zero-order valence-corrected chi connectivity index (χ0v) is 10.5. The van der Waals surface area contributed by atoms with Crippen LogP contribution in [0.2, 0.25) is 0 Å². The number of halogens is 1. The van der Waals surface area contributed by atoms with Crippen molar-refractivity contribution in [2.75, 3.05) is 5.32 Å². The summed E-state index contributed by atoms with van der Waals surface area (Å²) in [4.78, 5) is 11.4. The average molecular weight is 270 g/mol. The van der Waals surface area contributed by atoms with Gasteiger partial charge in [0.05, 0.1) is 0 Å². The molecule has 0 aliphatic rings. The third-order valence-corrected chi connectivity index (χ3v) is 2.66. The van der Waals surface area contributed by atoms with E-state index in [1.807, 2.05) is 24.3 Å². The van der Waals surface area contributed by atoms with E-state index in [9.17, 15) is 4.79 Å². The molecule has 82 valence electrons. The molecular weight excluding hydrogens is 254 g/mol. The molecule has 2 nitrogen and oxygen atoms in total. The molecule has 1 aromatic rings. The van der Waals surface area contributed by atoms with Gasteiger partial charge in [0.15, 0.2) is 0 Å². The summed E-state index contributed by atoms with van der Waals surface area (Å²) in [7, 11) is 0. The number of benzene rings is 1. The molecule has 0 unspecified atom stereocenters. The SMILES string of the molecule is CCCCCC(=O)Nc1ccc(Br)cc1. The van der Waals surface area contributed by atoms with Gasteiger partial charge >= 0.3 is 0 Å². The Kier molecular flexibility index (Phi) is 5.40. The van der Waals surface area contributed by atoms with Gasteiger partial charge in [-0.05, 0) is 30.7 Å². The quantitative estimate of drug-likeness (QED) is 0.806. The number of nitrogens with one attached hydrogen (secondary N) is 1. The summed E-state index contributed by atoms with van der Waals surface area (Å²) in [6, 6.07) is 7.62. The molecule has 1 rings (SSSR count). The van der Waals surface area contributed by atoms with E-state index >= 15 is 0 Å². The van der Waals surface area contributed by atoms with Crippen LogP contribution in [-0.4, -0.2) is 5.91 Å². The maximum absolute atomic E-state index is 11.4. The van der Waals surface area contributed by atoms with E-state index < -0.39 is 0 Å². The third kappa shape index (κ3) is 4.98. The predicted octanol–water partition coefficient (Wildman–Crippen LogP) is 3.97. The number of rotatable bonds is 5. The predicted molar refractivity (Wildman–Crippen MR) is 66.9 cm³/mol. The first-order chi connectivity index (χ1) is 7.22. The molecule has 0 saturated carbocycles. The van der Waals surface area contributed by atoms with E-state index in [-0.39, 0.29) is 5.91 Å². The van der Waals surface area contributed by atoms with Gasteiger partial charge in [0.2, 0.25) is 5.91 Å². The summed E-state index contributed by atoms with van der Waals surface area (Å²) >= 11 is 3.35. The van der Waals surface area contributed by atoms with Gasteiger partial charge in [-0.3, -0.25) is 4.79 Å². The van der Waals surface area contributed by atoms with Gasteiger partial charge in [-0.25, -0.2) is 0 Å². The smallest absolute Gasteiger partial charge is 0.224 e. The zero-order chi connectivity index (χ0) is 11.1. The number of hydrogen-bond donors (Lipinski definition) is 1. The highest BCUT2D eigenvalue weighted by Crippen LogP contribution is 2.14. The van der Waals surface area contributed by atoms with Gasteiger partial charge in [-0.1, -0.05) is 35.7 Å². The molecule has 1 amide bonds. The molecule has 15 heavy (non-hydrogen) atoms. The molecule has 1 aromatic carbocycles. The van der Waals surface area contributed by atoms with Gasteiger partial charge < -0.3 is 5.32 Å². The van der Waals surface area contributed by atoms with E-state index in [1.54, 1.807) is 0 Å². The monoisotopic (exact) mass is 269 g/mol. The highest BCUT2D eigenvalue weighted by atomic mass is 79.9. The van der Waals surface area contributed by atoms with Crippen LogP contribution in [0.25, 0.3) is 0 Å². The Balaban J connectivity index is 2.34. The Morgan fingerprint density at radius 3 is 2.53 bits per heavy atom. The number of anilines is 1. The lowest BCUT2D eigenvalue weighted by Crippen LogP contribution is -2.10. The lowest BCUT2D eigenvalue weighted by molar-refractivity contribution is -0.116. The Morgan fingerprint density at radius 2 is 1.93 bits per heavy atom. The molecule has 0 radical (unpaired) electrons. The van der Waals surface area contributed by atoms with Crippen LogP contribution in [0.15, 0.2) is 28.7 Å². The normalized spacial score (nSPS) is 10.0. The Labute approximate surface area is 99.2 Å². The summed E-state index contributed by atoms with van der Waals surface area (Å²) < 4.78 is 1.02. The summed E-state index contributed by atoms with van der Waals surface area (Å²) in [5.74, 6) is 0.103. The van der Waals surface area contributed by atoms with Gasteiger partial charge in [-0.15, -0.1) is 0 Å². The van der Waals surface area contributed by atoms with E-state index in [1.165, 1.54) is 0 Å². The summed E-state index contributed by atoms with van der Waals surface area (Å²) in [6.45, 7) is 2.13. The fraction of sp³-hybridized carbons (Fsp3) is 0.417. The van der Waals surface area contributed by atoms with E-state index in [2.05, 4.69) is 28.2 Å². The van der Waals surface area contributed by atoms with E-state index in [4.69, 9.17) is 0 Å². The van der Waals surface area contributed by atoms with Gasteiger partial charge in [0, 0.05) is 16.6 Å². The number of carbonyl (C=O) groups is 1. The number of unbranched alkanes of at least 4 members (excludes halogenated alkanes) is 2. The molecule has 0 aliphatic heterocycles. The summed E-state index contributed by atoms with van der Waals surface area (Å²) in [5.41, 5.74) is 0.861. The first kappa shape index (κ1) is 12.2. The third-order valence-electron chi connectivity index (χ3n) is 2.14. The number of amides is 1. The number of hydrogen-bond acceptors (Lipinski definition) is 1. The van der Waals surface area contributed by atoms with Crippen LogP contribution in [0, 0.1) is 0 Å². The fourth-order valence-corrected chi connectivity index (χ4v) is 1.56. The Hall–Kier alpha value is -0.830. The molecule has 0 heterocycles.